The van der Waals surface area contributed by atoms with Crippen molar-refractivity contribution in [3.8, 4) is 17.2 Å². The molecule has 10 nitrogen and oxygen atoms in total. The molecule has 1 atom stereocenters. The molecule has 0 bridgehead atoms. The molecule has 4 heterocycles. The van der Waals surface area contributed by atoms with E-state index in [0.29, 0.717) is 52.5 Å². The molecule has 6 rings (SSSR count). The Morgan fingerprint density at radius 2 is 1.91 bits per heavy atom. The number of aromatic amines is 1. The Balaban J connectivity index is 1.42. The van der Waals surface area contributed by atoms with Crippen molar-refractivity contribution in [1.82, 2.24) is 24.7 Å². The lowest BCUT2D eigenvalue weighted by Crippen LogP contribution is -2.40. The number of hydrogen-bond donors (Lipinski definition) is 2. The van der Waals surface area contributed by atoms with E-state index in [1.165, 1.54) is 0 Å². The number of nitrogens with one attached hydrogen (secondary N) is 1. The number of rotatable bonds is 4. The fraction of sp³-hybridized carbons (Fsp3) is 0.167. The van der Waals surface area contributed by atoms with Crippen molar-refractivity contribution < 1.29 is 9.47 Å². The number of H-pyrrole nitrogens is 1. The van der Waals surface area contributed by atoms with Crippen molar-refractivity contribution in [3.05, 3.63) is 71.1 Å². The molecule has 10 heteroatoms. The Kier molecular flexibility index (Phi) is 4.58. The third-order valence-electron chi connectivity index (χ3n) is 5.85. The zero-order chi connectivity index (χ0) is 23.2. The van der Waals surface area contributed by atoms with Crippen LogP contribution in [0.15, 0.2) is 65.6 Å². The molecule has 1 aliphatic rings. The fourth-order valence-electron chi connectivity index (χ4n) is 4.23. The highest BCUT2D eigenvalue weighted by Crippen LogP contribution is 2.31. The van der Waals surface area contributed by atoms with Crippen molar-refractivity contribution >= 4 is 33.7 Å². The van der Waals surface area contributed by atoms with Crippen molar-refractivity contribution in [2.45, 2.75) is 6.10 Å². The van der Waals surface area contributed by atoms with Crippen LogP contribution >= 0.6 is 0 Å². The lowest BCUT2D eigenvalue weighted by atomic mass is 10.2. The van der Waals surface area contributed by atoms with Crippen LogP contribution in [0.4, 0.5) is 11.8 Å². The molecule has 3 N–H and O–H groups in total. The van der Waals surface area contributed by atoms with Gasteiger partial charge in [0.25, 0.3) is 5.56 Å². The summed E-state index contributed by atoms with van der Waals surface area (Å²) in [5, 5.41) is 7.85. The SMILES string of the molecule is CN(CC1COc2ccccc2O1)c1ncc2c3[nH]nc(N)c3c(=O)n(-c3ccccc3)c2n1. The van der Waals surface area contributed by atoms with Gasteiger partial charge >= 0.3 is 0 Å². The molecular formula is C24H21N7O3. The van der Waals surface area contributed by atoms with E-state index < -0.39 is 0 Å². The number of fused-ring (bicyclic) bond motifs is 4. The van der Waals surface area contributed by atoms with Crippen molar-refractivity contribution in [3.63, 3.8) is 0 Å². The van der Waals surface area contributed by atoms with Crippen LogP contribution in [0.1, 0.15) is 0 Å². The summed E-state index contributed by atoms with van der Waals surface area (Å²) in [6.07, 6.45) is 1.48. The number of ether oxygens (including phenoxy) is 2. The predicted octanol–water partition coefficient (Wildman–Crippen LogP) is 2.52. The van der Waals surface area contributed by atoms with Gasteiger partial charge in [0.05, 0.1) is 23.1 Å². The van der Waals surface area contributed by atoms with Crippen LogP contribution in [-0.4, -0.2) is 51.0 Å². The zero-order valence-electron chi connectivity index (χ0n) is 18.3. The highest BCUT2D eigenvalue weighted by Gasteiger charge is 2.24. The number of pyridine rings is 1. The van der Waals surface area contributed by atoms with Gasteiger partial charge in [-0.2, -0.15) is 10.1 Å². The molecule has 0 saturated heterocycles. The summed E-state index contributed by atoms with van der Waals surface area (Å²) in [5.74, 6) is 2.04. The quantitative estimate of drug-likeness (QED) is 0.424. The van der Waals surface area contributed by atoms with Gasteiger partial charge in [0.1, 0.15) is 12.0 Å². The molecule has 0 aliphatic carbocycles. The summed E-state index contributed by atoms with van der Waals surface area (Å²) in [6.45, 7) is 0.909. The monoisotopic (exact) mass is 455 g/mol. The molecule has 0 saturated carbocycles. The first-order chi connectivity index (χ1) is 16.6. The fourth-order valence-corrected chi connectivity index (χ4v) is 4.23. The lowest BCUT2D eigenvalue weighted by molar-refractivity contribution is 0.0958. The normalized spacial score (nSPS) is 15.0. The van der Waals surface area contributed by atoms with E-state index in [2.05, 4.69) is 15.2 Å². The molecule has 2 aromatic carbocycles. The molecule has 1 unspecified atom stereocenters. The average Bonchev–Trinajstić information content (AvgIpc) is 3.26. The second kappa shape index (κ2) is 7.77. The minimum atomic E-state index is -0.298. The number of anilines is 2. The number of nitrogens with zero attached hydrogens (tertiary/aromatic N) is 5. The van der Waals surface area contributed by atoms with E-state index in [1.54, 1.807) is 10.8 Å². The minimum absolute atomic E-state index is 0.141. The van der Waals surface area contributed by atoms with E-state index in [9.17, 15) is 4.79 Å². The van der Waals surface area contributed by atoms with Gasteiger partial charge in [-0.3, -0.25) is 14.5 Å². The third-order valence-corrected chi connectivity index (χ3v) is 5.85. The van der Waals surface area contributed by atoms with Gasteiger partial charge in [0.2, 0.25) is 5.95 Å². The summed E-state index contributed by atoms with van der Waals surface area (Å²) in [4.78, 5) is 24.7. The van der Waals surface area contributed by atoms with Gasteiger partial charge in [-0.25, -0.2) is 4.98 Å². The number of hydrogen-bond acceptors (Lipinski definition) is 8. The van der Waals surface area contributed by atoms with Crippen LogP contribution in [0.25, 0.3) is 27.6 Å². The molecule has 1 aliphatic heterocycles. The molecule has 170 valence electrons. The molecule has 5 aromatic rings. The Bertz CT molecular complexity index is 1580. The zero-order valence-corrected chi connectivity index (χ0v) is 18.3. The molecular weight excluding hydrogens is 434 g/mol. The van der Waals surface area contributed by atoms with Crippen LogP contribution in [0.5, 0.6) is 11.5 Å². The summed E-state index contributed by atoms with van der Waals surface area (Å²) in [7, 11) is 1.88. The molecule has 0 fully saturated rings. The first kappa shape index (κ1) is 20.0. The maximum Gasteiger partial charge on any atom is 0.270 e. The molecule has 34 heavy (non-hydrogen) atoms. The molecule has 0 spiro atoms. The van der Waals surface area contributed by atoms with Gasteiger partial charge < -0.3 is 20.1 Å². The van der Waals surface area contributed by atoms with Gasteiger partial charge in [-0.1, -0.05) is 30.3 Å². The van der Waals surface area contributed by atoms with E-state index in [4.69, 9.17) is 20.2 Å². The van der Waals surface area contributed by atoms with Gasteiger partial charge in [-0.05, 0) is 24.3 Å². The van der Waals surface area contributed by atoms with Crippen LogP contribution in [-0.2, 0) is 0 Å². The second-order valence-electron chi connectivity index (χ2n) is 8.12. The first-order valence-corrected chi connectivity index (χ1v) is 10.8. The van der Waals surface area contributed by atoms with Crippen molar-refractivity contribution in [2.75, 3.05) is 30.8 Å². The van der Waals surface area contributed by atoms with Crippen LogP contribution in [0.3, 0.4) is 0 Å². The topological polar surface area (TPSA) is 124 Å². The van der Waals surface area contributed by atoms with Gasteiger partial charge in [-0.15, -0.1) is 0 Å². The second-order valence-corrected chi connectivity index (χ2v) is 8.12. The van der Waals surface area contributed by atoms with E-state index in [-0.39, 0.29) is 17.5 Å². The predicted molar refractivity (Wildman–Crippen MR) is 129 cm³/mol. The Hall–Kier alpha value is -4.60. The Labute approximate surface area is 193 Å². The van der Waals surface area contributed by atoms with Crippen molar-refractivity contribution in [1.29, 1.82) is 0 Å². The van der Waals surface area contributed by atoms with E-state index in [1.807, 2.05) is 66.5 Å². The number of likely N-dealkylation sites (N-methyl/N-ethyl adjacent to an activating group) is 1. The van der Waals surface area contributed by atoms with Crippen molar-refractivity contribution in [2.24, 2.45) is 0 Å². The number of benzene rings is 2. The number of nitrogens with two attached hydrogens (primary N) is 1. The smallest absolute Gasteiger partial charge is 0.270 e. The molecule has 0 radical (unpaired) electrons. The number of aromatic nitrogens is 5. The highest BCUT2D eigenvalue weighted by atomic mass is 16.6. The summed E-state index contributed by atoms with van der Waals surface area (Å²) in [6, 6.07) is 16.9. The number of nitrogen functional groups attached to an aromatic ring is 1. The van der Waals surface area contributed by atoms with Gasteiger partial charge in [0, 0.05) is 13.2 Å². The average molecular weight is 455 g/mol. The summed E-state index contributed by atoms with van der Waals surface area (Å²) < 4.78 is 13.4. The minimum Gasteiger partial charge on any atom is -0.486 e. The maximum atomic E-state index is 13.5. The highest BCUT2D eigenvalue weighted by molar-refractivity contribution is 6.05. The van der Waals surface area contributed by atoms with E-state index in [0.717, 1.165) is 5.75 Å². The largest absolute Gasteiger partial charge is 0.486 e. The first-order valence-electron chi connectivity index (χ1n) is 10.8. The lowest BCUT2D eigenvalue weighted by Gasteiger charge is -2.29. The van der Waals surface area contributed by atoms with E-state index >= 15 is 0 Å². The Morgan fingerprint density at radius 3 is 2.74 bits per heavy atom. The summed E-state index contributed by atoms with van der Waals surface area (Å²) >= 11 is 0. The van der Waals surface area contributed by atoms with Crippen LogP contribution in [0, 0.1) is 0 Å². The standard InChI is InChI=1S/C24H21N7O3/c1-30(12-15-13-33-17-9-5-6-10-18(17)34-15)24-26-11-16-20-19(21(25)29-28-20)23(32)31(22(16)27-24)14-7-3-2-4-8-14/h2-11,15H,12-13H2,1H3,(H3,25,28,29). The third kappa shape index (κ3) is 3.19. The number of para-hydroxylation sites is 3. The van der Waals surface area contributed by atoms with Crippen LogP contribution < -0.4 is 25.7 Å². The Morgan fingerprint density at radius 1 is 1.15 bits per heavy atom. The molecule has 0 amide bonds. The van der Waals surface area contributed by atoms with Gasteiger partial charge in [0.15, 0.2) is 29.1 Å². The molecule has 3 aromatic heterocycles. The van der Waals surface area contributed by atoms with Crippen LogP contribution in [0.2, 0.25) is 0 Å². The maximum absolute atomic E-state index is 13.5. The summed E-state index contributed by atoms with van der Waals surface area (Å²) in [5.41, 5.74) is 7.34.